The predicted molar refractivity (Wildman–Crippen MR) is 88.6 cm³/mol. The van der Waals surface area contributed by atoms with Crippen LogP contribution in [0.4, 0.5) is 0 Å². The summed E-state index contributed by atoms with van der Waals surface area (Å²) in [5.41, 5.74) is -1.81. The molecule has 2 aliphatic carbocycles. The molecule has 7 nitrogen and oxygen atoms in total. The first-order chi connectivity index (χ1) is 12.1. The number of hydrogen-bond acceptors (Lipinski definition) is 4. The van der Waals surface area contributed by atoms with E-state index in [-0.39, 0.29) is 17.9 Å². The molecule has 25 heavy (non-hydrogen) atoms. The van der Waals surface area contributed by atoms with E-state index in [1.54, 1.807) is 30.3 Å². The Hall–Kier alpha value is -3.09. The van der Waals surface area contributed by atoms with Gasteiger partial charge in [-0.25, -0.2) is 28.3 Å². The number of benzene rings is 1. The highest BCUT2D eigenvalue weighted by atomic mass is 16.5. The van der Waals surface area contributed by atoms with Crippen molar-refractivity contribution in [2.24, 2.45) is 11.8 Å². The van der Waals surface area contributed by atoms with Gasteiger partial charge in [-0.15, -0.1) is 0 Å². The standard InChI is InChI=1S/C18H15N3O4/c1-25-15(22)18-10-9-14(12-7-8-13(12)18)20-16(23)19(17(24)21(18)20)11-5-3-2-4-6-11/h2-10,12-14H,1H3/t12-,13-,14+,18+/m0/s1. The molecule has 0 N–H and O–H groups in total. The number of carbonyl (C=O) groups is 1. The summed E-state index contributed by atoms with van der Waals surface area (Å²) in [6.45, 7) is 0. The number of methoxy groups -OCH3 is 1. The molecule has 0 amide bonds. The van der Waals surface area contributed by atoms with Crippen molar-refractivity contribution in [2.45, 2.75) is 11.6 Å². The van der Waals surface area contributed by atoms with Crippen LogP contribution in [0.15, 0.2) is 64.2 Å². The maximum atomic E-state index is 13.2. The Morgan fingerprint density at radius 3 is 2.48 bits per heavy atom. The molecule has 0 saturated heterocycles. The van der Waals surface area contributed by atoms with Crippen LogP contribution in [-0.2, 0) is 15.1 Å². The molecule has 0 unspecified atom stereocenters. The summed E-state index contributed by atoms with van der Waals surface area (Å²) in [6, 6.07) is 8.46. The average molecular weight is 337 g/mol. The van der Waals surface area contributed by atoms with Crippen molar-refractivity contribution >= 4 is 5.97 Å². The molecule has 0 radical (unpaired) electrons. The van der Waals surface area contributed by atoms with Gasteiger partial charge < -0.3 is 4.74 Å². The molecule has 0 saturated carbocycles. The number of allylic oxidation sites excluding steroid dienone is 3. The number of hydrogen-bond donors (Lipinski definition) is 0. The summed E-state index contributed by atoms with van der Waals surface area (Å²) in [4.78, 5) is 38.9. The zero-order valence-electron chi connectivity index (χ0n) is 13.4. The second kappa shape index (κ2) is 4.50. The number of para-hydroxylation sites is 1. The lowest BCUT2D eigenvalue weighted by Gasteiger charge is -2.53. The maximum Gasteiger partial charge on any atom is 0.353 e. The van der Waals surface area contributed by atoms with Crippen LogP contribution >= 0.6 is 0 Å². The van der Waals surface area contributed by atoms with Crippen LogP contribution in [0.25, 0.3) is 5.69 Å². The van der Waals surface area contributed by atoms with Gasteiger partial charge in [-0.05, 0) is 18.2 Å². The summed E-state index contributed by atoms with van der Waals surface area (Å²) in [5.74, 6) is -0.714. The fourth-order valence-electron chi connectivity index (χ4n) is 4.36. The molecule has 4 aliphatic rings. The molecule has 2 aromatic rings. The van der Waals surface area contributed by atoms with E-state index in [0.29, 0.717) is 5.69 Å². The molecule has 7 heteroatoms. The van der Waals surface area contributed by atoms with Gasteiger partial charge in [0.2, 0.25) is 0 Å². The van der Waals surface area contributed by atoms with Crippen molar-refractivity contribution in [2.75, 3.05) is 7.11 Å². The summed E-state index contributed by atoms with van der Waals surface area (Å²) in [5, 5.41) is 0. The quantitative estimate of drug-likeness (QED) is 0.594. The van der Waals surface area contributed by atoms with Gasteiger partial charge in [-0.2, -0.15) is 0 Å². The minimum atomic E-state index is -1.31. The van der Waals surface area contributed by atoms with Crippen LogP contribution in [0.2, 0.25) is 0 Å². The fourth-order valence-corrected chi connectivity index (χ4v) is 4.36. The van der Waals surface area contributed by atoms with Gasteiger partial charge in [-0.3, -0.25) is 0 Å². The average Bonchev–Trinajstić information content (AvgIpc) is 2.87. The molecule has 2 aliphatic heterocycles. The van der Waals surface area contributed by atoms with E-state index in [1.807, 2.05) is 24.3 Å². The fraction of sp³-hybridized carbons (Fsp3) is 0.278. The van der Waals surface area contributed by atoms with Gasteiger partial charge in [0.05, 0.1) is 18.8 Å². The minimum Gasteiger partial charge on any atom is -0.467 e. The zero-order chi connectivity index (χ0) is 17.3. The van der Waals surface area contributed by atoms with Crippen molar-refractivity contribution < 1.29 is 9.53 Å². The van der Waals surface area contributed by atoms with Gasteiger partial charge in [0, 0.05) is 11.8 Å². The van der Waals surface area contributed by atoms with E-state index in [4.69, 9.17) is 4.74 Å². The number of carbonyl (C=O) groups excluding carboxylic acids is 1. The molecule has 0 spiro atoms. The van der Waals surface area contributed by atoms with E-state index in [2.05, 4.69) is 0 Å². The highest BCUT2D eigenvalue weighted by Crippen LogP contribution is 2.53. The van der Waals surface area contributed by atoms with Crippen molar-refractivity contribution in [3.63, 3.8) is 0 Å². The van der Waals surface area contributed by atoms with Gasteiger partial charge in [0.15, 0.2) is 5.54 Å². The summed E-state index contributed by atoms with van der Waals surface area (Å²) < 4.78 is 8.81. The molecule has 6 rings (SSSR count). The lowest BCUT2D eigenvalue weighted by atomic mass is 9.61. The highest BCUT2D eigenvalue weighted by Gasteiger charge is 2.61. The number of esters is 1. The first-order valence-corrected chi connectivity index (χ1v) is 8.10. The second-order valence-electron chi connectivity index (χ2n) is 6.55. The van der Waals surface area contributed by atoms with Gasteiger partial charge in [0.1, 0.15) is 0 Å². The van der Waals surface area contributed by atoms with E-state index >= 15 is 0 Å². The van der Waals surface area contributed by atoms with Gasteiger partial charge in [0.25, 0.3) is 0 Å². The largest absolute Gasteiger partial charge is 0.467 e. The van der Waals surface area contributed by atoms with Crippen molar-refractivity contribution in [3.05, 3.63) is 75.6 Å². The molecule has 126 valence electrons. The Kier molecular flexibility index (Phi) is 2.57. The monoisotopic (exact) mass is 337 g/mol. The van der Waals surface area contributed by atoms with Gasteiger partial charge >= 0.3 is 17.3 Å². The molecule has 1 aromatic carbocycles. The molecular formula is C18H15N3O4. The molecule has 2 bridgehead atoms. The molecule has 1 aromatic heterocycles. The third-order valence-electron chi connectivity index (χ3n) is 5.54. The first kappa shape index (κ1) is 14.3. The highest BCUT2D eigenvalue weighted by molar-refractivity contribution is 5.83. The van der Waals surface area contributed by atoms with Crippen LogP contribution in [0, 0.1) is 11.8 Å². The first-order valence-electron chi connectivity index (χ1n) is 8.10. The van der Waals surface area contributed by atoms with Crippen molar-refractivity contribution in [3.8, 4) is 5.69 Å². The normalized spacial score (nSPS) is 30.5. The van der Waals surface area contributed by atoms with Crippen LogP contribution in [0.5, 0.6) is 0 Å². The number of aromatic nitrogens is 3. The lowest BCUT2D eigenvalue weighted by Crippen LogP contribution is -2.64. The Morgan fingerprint density at radius 2 is 1.84 bits per heavy atom. The summed E-state index contributed by atoms with van der Waals surface area (Å²) in [6.07, 6.45) is 7.44. The summed E-state index contributed by atoms with van der Waals surface area (Å²) >= 11 is 0. The van der Waals surface area contributed by atoms with E-state index in [1.165, 1.54) is 16.5 Å². The molecular weight excluding hydrogens is 322 g/mol. The number of nitrogens with zero attached hydrogens (tertiary/aromatic N) is 3. The number of ether oxygens (including phenoxy) is 1. The molecule has 3 heterocycles. The SMILES string of the molecule is COC(=O)[C@@]12C=C[C@H]([C@H]3C=C[C@@H]31)n1c(=O)n(-c3ccccc3)c(=O)n12. The maximum absolute atomic E-state index is 13.2. The predicted octanol–water partition coefficient (Wildman–Crippen LogP) is 0.596. The van der Waals surface area contributed by atoms with Crippen LogP contribution in [-0.4, -0.2) is 27.0 Å². The summed E-state index contributed by atoms with van der Waals surface area (Å²) in [7, 11) is 1.30. The third kappa shape index (κ3) is 1.45. The Bertz CT molecular complexity index is 1070. The smallest absolute Gasteiger partial charge is 0.353 e. The Balaban J connectivity index is 1.88. The third-order valence-corrected chi connectivity index (χ3v) is 5.54. The van der Waals surface area contributed by atoms with E-state index in [0.717, 1.165) is 4.57 Å². The topological polar surface area (TPSA) is 75.2 Å². The van der Waals surface area contributed by atoms with Crippen molar-refractivity contribution in [1.82, 2.24) is 13.9 Å². The number of rotatable bonds is 2. The Morgan fingerprint density at radius 1 is 1.08 bits per heavy atom. The van der Waals surface area contributed by atoms with Gasteiger partial charge in [-0.1, -0.05) is 36.4 Å². The van der Waals surface area contributed by atoms with Crippen LogP contribution < -0.4 is 11.4 Å². The Labute approximate surface area is 142 Å². The molecule has 0 fully saturated rings. The van der Waals surface area contributed by atoms with E-state index in [9.17, 15) is 14.4 Å². The molecule has 4 atom stereocenters. The lowest BCUT2D eigenvalue weighted by molar-refractivity contribution is -0.156. The van der Waals surface area contributed by atoms with Crippen LogP contribution in [0.3, 0.4) is 0 Å². The van der Waals surface area contributed by atoms with E-state index < -0.39 is 22.9 Å². The zero-order valence-corrected chi connectivity index (χ0v) is 13.4. The van der Waals surface area contributed by atoms with Crippen molar-refractivity contribution in [1.29, 1.82) is 0 Å². The minimum absolute atomic E-state index is 0.00724. The van der Waals surface area contributed by atoms with Crippen LogP contribution in [0.1, 0.15) is 6.04 Å². The second-order valence-corrected chi connectivity index (χ2v) is 6.55.